The first-order valence-corrected chi connectivity index (χ1v) is 4.44. The predicted molar refractivity (Wildman–Crippen MR) is 47.0 cm³/mol. The Bertz CT molecular complexity index is 81.6. The fraction of sp³-hybridized carbons (Fsp3) is 1.00. The molecular weight excluding hydrogens is 295 g/mol. The van der Waals surface area contributed by atoms with Gasteiger partial charge in [-0.1, -0.05) is 20.3 Å². The van der Waals surface area contributed by atoms with Crippen LogP contribution in [0.2, 0.25) is 0 Å². The Morgan fingerprint density at radius 3 is 1.82 bits per heavy atom. The monoisotopic (exact) mass is 318 g/mol. The van der Waals surface area contributed by atoms with Crippen molar-refractivity contribution in [2.45, 2.75) is 33.1 Å². The second-order valence-corrected chi connectivity index (χ2v) is 3.74. The maximum absolute atomic E-state index is 2.32. The van der Waals surface area contributed by atoms with E-state index in [2.05, 4.69) is 27.9 Å². The molecule has 0 N–H and O–H groups in total. The molecule has 0 heterocycles. The van der Waals surface area contributed by atoms with Crippen LogP contribution < -0.4 is 0 Å². The molecule has 0 saturated heterocycles. The van der Waals surface area contributed by atoms with Crippen LogP contribution in [0.15, 0.2) is 0 Å². The molecule has 0 amide bonds. The minimum absolute atomic E-state index is 0. The summed E-state index contributed by atoms with van der Waals surface area (Å²) in [5.74, 6) is 0. The van der Waals surface area contributed by atoms with Gasteiger partial charge in [-0.15, -0.1) is 0 Å². The quantitative estimate of drug-likeness (QED) is 0.683. The van der Waals surface area contributed by atoms with Gasteiger partial charge in [0.05, 0.1) is 27.2 Å². The van der Waals surface area contributed by atoms with Crippen molar-refractivity contribution >= 4 is 0 Å². The van der Waals surface area contributed by atoms with Gasteiger partial charge < -0.3 is 4.48 Å². The zero-order valence-corrected chi connectivity index (χ0v) is 9.96. The number of quaternary nitrogens is 1. The molecule has 11 heavy (non-hydrogen) atoms. The summed E-state index contributed by atoms with van der Waals surface area (Å²) in [6.07, 6.45) is 4.00. The van der Waals surface area contributed by atoms with Gasteiger partial charge >= 0.3 is 0 Å². The normalized spacial score (nSPS) is 10.9. The SMILES string of the molecule is CCCC[N+](C)(C)CCC.[Yb]. The van der Waals surface area contributed by atoms with Crippen molar-refractivity contribution < 1.29 is 51.4 Å². The van der Waals surface area contributed by atoms with Crippen LogP contribution in [0.25, 0.3) is 0 Å². The van der Waals surface area contributed by atoms with E-state index in [-0.39, 0.29) is 46.9 Å². The zero-order valence-electron chi connectivity index (χ0n) is 8.25. The van der Waals surface area contributed by atoms with E-state index in [0.29, 0.717) is 0 Å². The van der Waals surface area contributed by atoms with E-state index in [9.17, 15) is 0 Å². The summed E-state index contributed by atoms with van der Waals surface area (Å²) in [7, 11) is 4.64. The second-order valence-electron chi connectivity index (χ2n) is 3.74. The van der Waals surface area contributed by atoms with Crippen LogP contribution in [0.1, 0.15) is 33.1 Å². The molecule has 76 valence electrons. The summed E-state index contributed by atoms with van der Waals surface area (Å²) < 4.78 is 1.20. The van der Waals surface area contributed by atoms with Gasteiger partial charge in [-0.25, -0.2) is 0 Å². The van der Waals surface area contributed by atoms with Crippen LogP contribution in [-0.4, -0.2) is 31.7 Å². The third-order valence-electron chi connectivity index (χ3n) is 1.95. The van der Waals surface area contributed by atoms with Gasteiger partial charge in [0.1, 0.15) is 0 Å². The first kappa shape index (κ1) is 15.0. The molecule has 1 nitrogen and oxygen atoms in total. The second kappa shape index (κ2) is 8.09. The third kappa shape index (κ3) is 9.39. The Balaban J connectivity index is 0. The number of unbranched alkanes of at least 4 members (excludes halogenated alkanes) is 1. The Morgan fingerprint density at radius 1 is 0.909 bits per heavy atom. The summed E-state index contributed by atoms with van der Waals surface area (Å²) >= 11 is 0. The molecular formula is C9H22NYb+. The van der Waals surface area contributed by atoms with Gasteiger partial charge in [0, 0.05) is 46.9 Å². The molecule has 0 saturated carbocycles. The van der Waals surface area contributed by atoms with Crippen molar-refractivity contribution in [3.63, 3.8) is 0 Å². The molecule has 0 spiro atoms. The van der Waals surface area contributed by atoms with Crippen LogP contribution >= 0.6 is 0 Å². The summed E-state index contributed by atoms with van der Waals surface area (Å²) in [6, 6.07) is 0. The molecule has 0 aliphatic rings. The minimum atomic E-state index is 0. The molecule has 0 aliphatic carbocycles. The van der Waals surface area contributed by atoms with E-state index in [1.807, 2.05) is 0 Å². The largest absolute Gasteiger partial charge is 0.328 e. The van der Waals surface area contributed by atoms with Gasteiger partial charge in [0.15, 0.2) is 0 Å². The van der Waals surface area contributed by atoms with E-state index in [1.54, 1.807) is 0 Å². The molecule has 0 radical (unpaired) electrons. The molecule has 0 fully saturated rings. The van der Waals surface area contributed by atoms with Crippen molar-refractivity contribution in [3.05, 3.63) is 0 Å². The topological polar surface area (TPSA) is 0 Å². The fourth-order valence-corrected chi connectivity index (χ4v) is 1.30. The molecule has 0 aromatic rings. The van der Waals surface area contributed by atoms with Crippen LogP contribution in [0, 0.1) is 46.9 Å². The van der Waals surface area contributed by atoms with E-state index in [4.69, 9.17) is 0 Å². The van der Waals surface area contributed by atoms with E-state index in [0.717, 1.165) is 0 Å². The minimum Gasteiger partial charge on any atom is -0.328 e. The van der Waals surface area contributed by atoms with E-state index >= 15 is 0 Å². The number of nitrogens with zero attached hydrogens (tertiary/aromatic N) is 1. The zero-order chi connectivity index (χ0) is 8.04. The van der Waals surface area contributed by atoms with Crippen molar-refractivity contribution in [3.8, 4) is 0 Å². The van der Waals surface area contributed by atoms with Crippen LogP contribution in [0.4, 0.5) is 0 Å². The Hall–Kier alpha value is 1.48. The van der Waals surface area contributed by atoms with Crippen molar-refractivity contribution in [1.82, 2.24) is 0 Å². The molecule has 0 aliphatic heterocycles. The first-order valence-electron chi connectivity index (χ1n) is 4.44. The van der Waals surface area contributed by atoms with Gasteiger partial charge in [-0.2, -0.15) is 0 Å². The summed E-state index contributed by atoms with van der Waals surface area (Å²) in [6.45, 7) is 7.17. The van der Waals surface area contributed by atoms with Crippen molar-refractivity contribution in [2.24, 2.45) is 0 Å². The smallest absolute Gasteiger partial charge is 0.0782 e. The van der Waals surface area contributed by atoms with Crippen molar-refractivity contribution in [1.29, 1.82) is 0 Å². The van der Waals surface area contributed by atoms with Crippen LogP contribution in [0.5, 0.6) is 0 Å². The number of hydrogen-bond donors (Lipinski definition) is 0. The van der Waals surface area contributed by atoms with E-state index in [1.165, 1.54) is 36.8 Å². The van der Waals surface area contributed by atoms with Gasteiger partial charge in [-0.3, -0.25) is 0 Å². The fourth-order valence-electron chi connectivity index (χ4n) is 1.30. The van der Waals surface area contributed by atoms with Crippen LogP contribution in [0.3, 0.4) is 0 Å². The van der Waals surface area contributed by atoms with Crippen molar-refractivity contribution in [2.75, 3.05) is 27.2 Å². The first-order chi connectivity index (χ1) is 4.62. The van der Waals surface area contributed by atoms with Gasteiger partial charge in [0.2, 0.25) is 0 Å². The molecule has 2 heteroatoms. The molecule has 0 aromatic heterocycles. The number of rotatable bonds is 5. The average molecular weight is 317 g/mol. The standard InChI is InChI=1S/C9H22N.Yb/c1-5-7-9-10(3,4)8-6-2;/h5-9H2,1-4H3;/q+1;. The molecule has 0 aromatic carbocycles. The Morgan fingerprint density at radius 2 is 1.45 bits per heavy atom. The van der Waals surface area contributed by atoms with Gasteiger partial charge in [0.25, 0.3) is 0 Å². The molecule has 0 rings (SSSR count). The summed E-state index contributed by atoms with van der Waals surface area (Å²) in [4.78, 5) is 0. The van der Waals surface area contributed by atoms with Crippen LogP contribution in [-0.2, 0) is 0 Å². The number of hydrogen-bond acceptors (Lipinski definition) is 0. The predicted octanol–water partition coefficient (Wildman–Crippen LogP) is 2.27. The average Bonchev–Trinajstić information content (AvgIpc) is 1.84. The summed E-state index contributed by atoms with van der Waals surface area (Å²) in [5.41, 5.74) is 0. The summed E-state index contributed by atoms with van der Waals surface area (Å²) in [5, 5.41) is 0. The maximum Gasteiger partial charge on any atom is 0.0782 e. The maximum atomic E-state index is 2.32. The molecule has 0 unspecified atom stereocenters. The Kier molecular flexibility index (Phi) is 11.0. The van der Waals surface area contributed by atoms with Gasteiger partial charge in [-0.05, 0) is 12.8 Å². The molecule has 0 atom stereocenters. The Labute approximate surface area is 110 Å². The van der Waals surface area contributed by atoms with E-state index < -0.39 is 0 Å². The third-order valence-corrected chi connectivity index (χ3v) is 1.95. The molecule has 0 bridgehead atoms.